The topological polar surface area (TPSA) is 49.9 Å². The standard InChI is InChI=1S/C11H9BrF3N3O/c12-7-1-2-8(9(5-7)19-11(13,14)15)18-6-10-16-3-4-17-10/h1-5,18H,6H2,(H,16,17). The third-order valence-corrected chi connectivity index (χ3v) is 2.66. The van der Waals surface area contributed by atoms with Crippen molar-refractivity contribution >= 4 is 21.6 Å². The number of aromatic nitrogens is 2. The van der Waals surface area contributed by atoms with E-state index in [2.05, 4.69) is 36.0 Å². The van der Waals surface area contributed by atoms with Gasteiger partial charge in [-0.1, -0.05) is 15.9 Å². The van der Waals surface area contributed by atoms with E-state index in [1.165, 1.54) is 12.1 Å². The van der Waals surface area contributed by atoms with Crippen molar-refractivity contribution in [2.45, 2.75) is 12.9 Å². The number of halogens is 4. The molecule has 0 aliphatic heterocycles. The van der Waals surface area contributed by atoms with Crippen LogP contribution in [0.2, 0.25) is 0 Å². The Balaban J connectivity index is 2.14. The second-order valence-electron chi connectivity index (χ2n) is 3.58. The lowest BCUT2D eigenvalue weighted by molar-refractivity contribution is -0.274. The molecule has 0 unspecified atom stereocenters. The molecule has 19 heavy (non-hydrogen) atoms. The first-order valence-corrected chi connectivity index (χ1v) is 6.01. The first kappa shape index (κ1) is 13.7. The van der Waals surface area contributed by atoms with E-state index in [9.17, 15) is 13.2 Å². The molecule has 0 aliphatic rings. The average Bonchev–Trinajstić information content (AvgIpc) is 2.78. The van der Waals surface area contributed by atoms with Gasteiger partial charge in [0.2, 0.25) is 0 Å². The minimum absolute atomic E-state index is 0.233. The molecular weight excluding hydrogens is 327 g/mol. The lowest BCUT2D eigenvalue weighted by atomic mass is 10.3. The third kappa shape index (κ3) is 4.16. The lowest BCUT2D eigenvalue weighted by Gasteiger charge is -2.14. The van der Waals surface area contributed by atoms with Gasteiger partial charge in [-0.05, 0) is 18.2 Å². The van der Waals surface area contributed by atoms with Crippen LogP contribution in [0.5, 0.6) is 5.75 Å². The Labute approximate surface area is 115 Å². The summed E-state index contributed by atoms with van der Waals surface area (Å²) in [6.07, 6.45) is -1.54. The molecule has 4 nitrogen and oxygen atoms in total. The Morgan fingerprint density at radius 2 is 2.16 bits per heavy atom. The van der Waals surface area contributed by atoms with Crippen molar-refractivity contribution in [2.24, 2.45) is 0 Å². The monoisotopic (exact) mass is 335 g/mol. The van der Waals surface area contributed by atoms with Gasteiger partial charge in [-0.15, -0.1) is 13.2 Å². The molecule has 0 bridgehead atoms. The molecule has 2 rings (SSSR count). The summed E-state index contributed by atoms with van der Waals surface area (Å²) < 4.78 is 41.3. The maximum absolute atomic E-state index is 12.3. The van der Waals surface area contributed by atoms with Gasteiger partial charge in [0.05, 0.1) is 12.2 Å². The molecule has 0 atom stereocenters. The smallest absolute Gasteiger partial charge is 0.404 e. The minimum Gasteiger partial charge on any atom is -0.404 e. The summed E-state index contributed by atoms with van der Waals surface area (Å²) in [6.45, 7) is 0.267. The summed E-state index contributed by atoms with van der Waals surface area (Å²) in [5, 5.41) is 2.83. The van der Waals surface area contributed by atoms with Gasteiger partial charge in [-0.2, -0.15) is 0 Å². The fraction of sp³-hybridized carbons (Fsp3) is 0.182. The van der Waals surface area contributed by atoms with E-state index >= 15 is 0 Å². The van der Waals surface area contributed by atoms with Gasteiger partial charge in [0.25, 0.3) is 0 Å². The molecule has 0 aliphatic carbocycles. The summed E-state index contributed by atoms with van der Waals surface area (Å²) in [5.74, 6) is 0.314. The maximum atomic E-state index is 12.3. The summed E-state index contributed by atoms with van der Waals surface area (Å²) in [7, 11) is 0. The molecule has 0 saturated heterocycles. The Morgan fingerprint density at radius 1 is 1.37 bits per heavy atom. The number of H-pyrrole nitrogens is 1. The van der Waals surface area contributed by atoms with Crippen molar-refractivity contribution in [3.63, 3.8) is 0 Å². The SMILES string of the molecule is FC(F)(F)Oc1cc(Br)ccc1NCc1ncc[nH]1. The van der Waals surface area contributed by atoms with Gasteiger partial charge in [0, 0.05) is 16.9 Å². The van der Waals surface area contributed by atoms with Gasteiger partial charge in [-0.3, -0.25) is 0 Å². The van der Waals surface area contributed by atoms with Crippen LogP contribution >= 0.6 is 15.9 Å². The number of nitrogens with zero attached hydrogens (tertiary/aromatic N) is 1. The highest BCUT2D eigenvalue weighted by molar-refractivity contribution is 9.10. The zero-order valence-corrected chi connectivity index (χ0v) is 11.0. The Morgan fingerprint density at radius 3 is 2.79 bits per heavy atom. The fourth-order valence-corrected chi connectivity index (χ4v) is 1.77. The van der Waals surface area contributed by atoms with E-state index in [1.807, 2.05) is 0 Å². The highest BCUT2D eigenvalue weighted by atomic mass is 79.9. The van der Waals surface area contributed by atoms with E-state index in [-0.39, 0.29) is 18.0 Å². The van der Waals surface area contributed by atoms with Crippen molar-refractivity contribution in [2.75, 3.05) is 5.32 Å². The van der Waals surface area contributed by atoms with Crippen LogP contribution in [0.3, 0.4) is 0 Å². The van der Waals surface area contributed by atoms with Crippen molar-refractivity contribution in [3.8, 4) is 5.75 Å². The first-order chi connectivity index (χ1) is 8.94. The highest BCUT2D eigenvalue weighted by Gasteiger charge is 2.32. The average molecular weight is 336 g/mol. The number of hydrogen-bond donors (Lipinski definition) is 2. The van der Waals surface area contributed by atoms with Gasteiger partial charge in [0.1, 0.15) is 5.82 Å². The zero-order chi connectivity index (χ0) is 13.9. The van der Waals surface area contributed by atoms with E-state index in [0.717, 1.165) is 0 Å². The van der Waals surface area contributed by atoms with Gasteiger partial charge in [-0.25, -0.2) is 4.98 Å². The van der Waals surface area contributed by atoms with E-state index in [0.29, 0.717) is 10.3 Å². The van der Waals surface area contributed by atoms with Crippen molar-refractivity contribution in [1.82, 2.24) is 9.97 Å². The fourth-order valence-electron chi connectivity index (χ4n) is 1.42. The largest absolute Gasteiger partial charge is 0.573 e. The van der Waals surface area contributed by atoms with E-state index in [1.54, 1.807) is 18.5 Å². The number of nitrogens with one attached hydrogen (secondary N) is 2. The van der Waals surface area contributed by atoms with Crippen LogP contribution in [0, 0.1) is 0 Å². The molecule has 0 saturated carbocycles. The molecule has 102 valence electrons. The minimum atomic E-state index is -4.73. The number of alkyl halides is 3. The van der Waals surface area contributed by atoms with Crippen LogP contribution in [0.4, 0.5) is 18.9 Å². The number of rotatable bonds is 4. The Bertz CT molecular complexity index is 543. The highest BCUT2D eigenvalue weighted by Crippen LogP contribution is 2.33. The molecule has 0 radical (unpaired) electrons. The number of hydrogen-bond acceptors (Lipinski definition) is 3. The Hall–Kier alpha value is -1.70. The summed E-state index contributed by atoms with van der Waals surface area (Å²) in [6, 6.07) is 4.36. The summed E-state index contributed by atoms with van der Waals surface area (Å²) in [4.78, 5) is 6.80. The quantitative estimate of drug-likeness (QED) is 0.895. The van der Waals surface area contributed by atoms with Crippen molar-refractivity contribution in [3.05, 3.63) is 40.9 Å². The predicted molar refractivity (Wildman–Crippen MR) is 66.7 cm³/mol. The van der Waals surface area contributed by atoms with Crippen LogP contribution in [-0.2, 0) is 6.54 Å². The molecule has 2 N–H and O–H groups in total. The van der Waals surface area contributed by atoms with Crippen LogP contribution in [0.15, 0.2) is 35.1 Å². The number of anilines is 1. The van der Waals surface area contributed by atoms with Gasteiger partial charge in [0.15, 0.2) is 5.75 Å². The van der Waals surface area contributed by atoms with Crippen LogP contribution in [-0.4, -0.2) is 16.3 Å². The second kappa shape index (κ2) is 5.52. The predicted octanol–water partition coefficient (Wildman–Crippen LogP) is 3.68. The maximum Gasteiger partial charge on any atom is 0.573 e. The number of benzene rings is 1. The van der Waals surface area contributed by atoms with Crippen LogP contribution in [0.1, 0.15) is 5.82 Å². The molecule has 1 aromatic heterocycles. The third-order valence-electron chi connectivity index (χ3n) is 2.17. The van der Waals surface area contributed by atoms with Crippen LogP contribution < -0.4 is 10.1 Å². The molecule has 2 aromatic rings. The van der Waals surface area contributed by atoms with Gasteiger partial charge >= 0.3 is 6.36 Å². The normalized spacial score (nSPS) is 11.4. The molecule has 8 heteroatoms. The molecule has 1 aromatic carbocycles. The lowest BCUT2D eigenvalue weighted by Crippen LogP contribution is -2.18. The molecule has 1 heterocycles. The molecule has 0 amide bonds. The van der Waals surface area contributed by atoms with Crippen LogP contribution in [0.25, 0.3) is 0 Å². The van der Waals surface area contributed by atoms with Crippen molar-refractivity contribution < 1.29 is 17.9 Å². The number of ether oxygens (including phenoxy) is 1. The van der Waals surface area contributed by atoms with E-state index < -0.39 is 6.36 Å². The van der Waals surface area contributed by atoms with Gasteiger partial charge < -0.3 is 15.0 Å². The second-order valence-corrected chi connectivity index (χ2v) is 4.49. The number of imidazole rings is 1. The first-order valence-electron chi connectivity index (χ1n) is 5.21. The summed E-state index contributed by atoms with van der Waals surface area (Å²) >= 11 is 3.10. The van der Waals surface area contributed by atoms with Crippen molar-refractivity contribution in [1.29, 1.82) is 0 Å². The van der Waals surface area contributed by atoms with E-state index in [4.69, 9.17) is 0 Å². The number of aromatic amines is 1. The Kier molecular flexibility index (Phi) is 3.98. The molecule has 0 spiro atoms. The molecule has 0 fully saturated rings. The summed E-state index contributed by atoms with van der Waals surface area (Å²) in [5.41, 5.74) is 0.233. The zero-order valence-electron chi connectivity index (χ0n) is 9.46. The molecular formula is C11H9BrF3N3O.